The maximum atomic E-state index is 2.44. The molecule has 1 unspecified atom stereocenters. The van der Waals surface area contributed by atoms with Crippen molar-refractivity contribution >= 4 is 0 Å². The van der Waals surface area contributed by atoms with E-state index in [9.17, 15) is 0 Å². The van der Waals surface area contributed by atoms with Crippen molar-refractivity contribution in [3.8, 4) is 0 Å². The van der Waals surface area contributed by atoms with E-state index >= 15 is 0 Å². The Balaban J connectivity index is 2.57. The fraction of sp³-hybridized carbons (Fsp3) is 0.833. The number of hydrogen-bond donors (Lipinski definition) is 0. The highest BCUT2D eigenvalue weighted by molar-refractivity contribution is 4.98. The molecule has 0 saturated carbocycles. The maximum Gasteiger partial charge on any atom is 0.0312 e. The van der Waals surface area contributed by atoms with Gasteiger partial charge in [0.2, 0.25) is 0 Å². The summed E-state index contributed by atoms with van der Waals surface area (Å²) in [7, 11) is 0. The summed E-state index contributed by atoms with van der Waals surface area (Å²) >= 11 is 0. The molecule has 1 heterocycles. The van der Waals surface area contributed by atoms with Gasteiger partial charge in [-0.25, -0.2) is 0 Å². The molecule has 0 N–H and O–H groups in total. The molecule has 1 aliphatic rings. The van der Waals surface area contributed by atoms with Crippen LogP contribution in [-0.2, 0) is 0 Å². The van der Waals surface area contributed by atoms with Crippen molar-refractivity contribution in [2.45, 2.75) is 46.6 Å². The van der Waals surface area contributed by atoms with Gasteiger partial charge in [-0.15, -0.1) is 0 Å². The summed E-state index contributed by atoms with van der Waals surface area (Å²) in [5.74, 6) is 1.58. The molecule has 0 aliphatic carbocycles. The van der Waals surface area contributed by atoms with Gasteiger partial charge in [0.1, 0.15) is 0 Å². The molecule has 1 heteroatoms. The molecule has 0 aromatic carbocycles. The van der Waals surface area contributed by atoms with Gasteiger partial charge < -0.3 is 4.90 Å². The van der Waals surface area contributed by atoms with Gasteiger partial charge in [0, 0.05) is 12.1 Å². The summed E-state index contributed by atoms with van der Waals surface area (Å²) in [5, 5.41) is 0. The predicted molar refractivity (Wildman–Crippen MR) is 58.5 cm³/mol. The zero-order valence-corrected chi connectivity index (χ0v) is 9.67. The van der Waals surface area contributed by atoms with Crippen molar-refractivity contribution in [2.75, 3.05) is 6.54 Å². The van der Waals surface area contributed by atoms with Crippen molar-refractivity contribution in [3.63, 3.8) is 0 Å². The van der Waals surface area contributed by atoms with Crippen LogP contribution in [0.5, 0.6) is 0 Å². The number of hydrogen-bond acceptors (Lipinski definition) is 1. The summed E-state index contributed by atoms with van der Waals surface area (Å²) in [6, 6.07) is 0. The van der Waals surface area contributed by atoms with Crippen LogP contribution >= 0.6 is 0 Å². The second-order valence-corrected chi connectivity index (χ2v) is 5.40. The second-order valence-electron chi connectivity index (χ2n) is 5.40. The first kappa shape index (κ1) is 10.6. The van der Waals surface area contributed by atoms with E-state index in [0.717, 1.165) is 11.8 Å². The zero-order chi connectivity index (χ0) is 10.1. The largest absolute Gasteiger partial charge is 0.373 e. The van der Waals surface area contributed by atoms with Crippen molar-refractivity contribution in [1.29, 1.82) is 0 Å². The van der Waals surface area contributed by atoms with Crippen LogP contribution in [0.15, 0.2) is 12.3 Å². The first-order valence-electron chi connectivity index (χ1n) is 5.36. The van der Waals surface area contributed by atoms with E-state index in [1.165, 1.54) is 13.0 Å². The molecular weight excluding hydrogens is 158 g/mol. The average molecular weight is 181 g/mol. The average Bonchev–Trinajstić information content (AvgIpc) is 2.03. The molecule has 0 fully saturated rings. The van der Waals surface area contributed by atoms with E-state index in [4.69, 9.17) is 0 Å². The van der Waals surface area contributed by atoms with Crippen LogP contribution in [0.3, 0.4) is 0 Å². The molecular formula is C12H23N. The third-order valence-corrected chi connectivity index (χ3v) is 2.93. The Hall–Kier alpha value is -0.460. The molecule has 76 valence electrons. The summed E-state index contributed by atoms with van der Waals surface area (Å²) < 4.78 is 0. The van der Waals surface area contributed by atoms with Gasteiger partial charge in [0.15, 0.2) is 0 Å². The smallest absolute Gasteiger partial charge is 0.0312 e. The Morgan fingerprint density at radius 1 is 1.31 bits per heavy atom. The van der Waals surface area contributed by atoms with E-state index < -0.39 is 0 Å². The lowest BCUT2D eigenvalue weighted by molar-refractivity contribution is 0.175. The quantitative estimate of drug-likeness (QED) is 0.600. The Morgan fingerprint density at radius 2 is 1.92 bits per heavy atom. The van der Waals surface area contributed by atoms with E-state index in [2.05, 4.69) is 51.8 Å². The topological polar surface area (TPSA) is 3.24 Å². The molecule has 13 heavy (non-hydrogen) atoms. The lowest BCUT2D eigenvalue weighted by atomic mass is 9.89. The lowest BCUT2D eigenvalue weighted by Crippen LogP contribution is -2.40. The van der Waals surface area contributed by atoms with Gasteiger partial charge in [-0.05, 0) is 45.2 Å². The second kappa shape index (κ2) is 3.73. The number of rotatable bonds is 1. The Kier molecular flexibility index (Phi) is 3.05. The summed E-state index contributed by atoms with van der Waals surface area (Å²) in [4.78, 5) is 2.44. The first-order chi connectivity index (χ1) is 5.91. The fourth-order valence-corrected chi connectivity index (χ4v) is 1.79. The van der Waals surface area contributed by atoms with Gasteiger partial charge in [-0.3, -0.25) is 0 Å². The molecule has 1 atom stereocenters. The lowest BCUT2D eigenvalue weighted by Gasteiger charge is -2.39. The summed E-state index contributed by atoms with van der Waals surface area (Å²) in [5.41, 5.74) is 0.290. The van der Waals surface area contributed by atoms with Crippen LogP contribution in [-0.4, -0.2) is 17.0 Å². The third-order valence-electron chi connectivity index (χ3n) is 2.93. The van der Waals surface area contributed by atoms with E-state index in [1.807, 2.05) is 0 Å². The maximum absolute atomic E-state index is 2.44. The molecule has 0 saturated heterocycles. The SMILES string of the molecule is CC(C)C1C=CN(C(C)(C)C)CC1. The van der Waals surface area contributed by atoms with Gasteiger partial charge in [0.25, 0.3) is 0 Å². The standard InChI is InChI=1S/C12H23N/c1-10(2)11-6-8-13(9-7-11)12(3,4)5/h6,8,10-11H,7,9H2,1-5H3. The molecule has 0 spiro atoms. The van der Waals surface area contributed by atoms with Crippen LogP contribution in [0.2, 0.25) is 0 Å². The Bertz CT molecular complexity index is 186. The fourth-order valence-electron chi connectivity index (χ4n) is 1.79. The molecule has 0 aromatic rings. The van der Waals surface area contributed by atoms with Gasteiger partial charge in [-0.1, -0.05) is 19.9 Å². The Morgan fingerprint density at radius 3 is 2.23 bits per heavy atom. The monoisotopic (exact) mass is 181 g/mol. The molecule has 1 aliphatic heterocycles. The minimum absolute atomic E-state index is 0.290. The molecule has 1 nitrogen and oxygen atoms in total. The minimum Gasteiger partial charge on any atom is -0.373 e. The van der Waals surface area contributed by atoms with Crippen molar-refractivity contribution in [1.82, 2.24) is 4.90 Å². The van der Waals surface area contributed by atoms with Gasteiger partial charge in [-0.2, -0.15) is 0 Å². The van der Waals surface area contributed by atoms with Crippen LogP contribution < -0.4 is 0 Å². The van der Waals surface area contributed by atoms with Crippen LogP contribution in [0.25, 0.3) is 0 Å². The molecule has 0 aromatic heterocycles. The van der Waals surface area contributed by atoms with E-state index in [1.54, 1.807) is 0 Å². The molecule has 1 rings (SSSR count). The normalized spacial score (nSPS) is 24.2. The van der Waals surface area contributed by atoms with Crippen LogP contribution in [0.1, 0.15) is 41.0 Å². The van der Waals surface area contributed by atoms with Crippen molar-refractivity contribution < 1.29 is 0 Å². The molecule has 0 amide bonds. The third kappa shape index (κ3) is 2.75. The number of nitrogens with zero attached hydrogens (tertiary/aromatic N) is 1. The van der Waals surface area contributed by atoms with Gasteiger partial charge in [0.05, 0.1) is 0 Å². The van der Waals surface area contributed by atoms with Crippen molar-refractivity contribution in [2.24, 2.45) is 11.8 Å². The van der Waals surface area contributed by atoms with E-state index in [-0.39, 0.29) is 0 Å². The highest BCUT2D eigenvalue weighted by Crippen LogP contribution is 2.25. The molecule has 0 bridgehead atoms. The highest BCUT2D eigenvalue weighted by Gasteiger charge is 2.23. The summed E-state index contributed by atoms with van der Waals surface area (Å²) in [6.45, 7) is 12.6. The van der Waals surface area contributed by atoms with Crippen molar-refractivity contribution in [3.05, 3.63) is 12.3 Å². The number of allylic oxidation sites excluding steroid dienone is 1. The highest BCUT2D eigenvalue weighted by atomic mass is 15.2. The first-order valence-corrected chi connectivity index (χ1v) is 5.36. The van der Waals surface area contributed by atoms with Crippen LogP contribution in [0, 0.1) is 11.8 Å². The van der Waals surface area contributed by atoms with E-state index in [0.29, 0.717) is 5.54 Å². The predicted octanol–water partition coefficient (Wildman–Crippen LogP) is 3.28. The molecule has 0 radical (unpaired) electrons. The van der Waals surface area contributed by atoms with Crippen LogP contribution in [0.4, 0.5) is 0 Å². The van der Waals surface area contributed by atoms with Gasteiger partial charge >= 0.3 is 0 Å². The Labute approximate surface area is 82.8 Å². The zero-order valence-electron chi connectivity index (χ0n) is 9.67. The minimum atomic E-state index is 0.290. The summed E-state index contributed by atoms with van der Waals surface area (Å²) in [6.07, 6.45) is 5.97.